The van der Waals surface area contributed by atoms with Crippen molar-refractivity contribution < 1.29 is 0 Å². The van der Waals surface area contributed by atoms with Gasteiger partial charge in [0.1, 0.15) is 0 Å². The van der Waals surface area contributed by atoms with Crippen LogP contribution in [0.4, 0.5) is 0 Å². The molecule has 0 spiro atoms. The van der Waals surface area contributed by atoms with Crippen molar-refractivity contribution in [3.05, 3.63) is 0 Å². The molecule has 0 aromatic carbocycles. The number of hydrogen-bond donors (Lipinski definition) is 0. The molecule has 514 valence electrons. The van der Waals surface area contributed by atoms with Crippen molar-refractivity contribution in [3.8, 4) is 0 Å². The van der Waals surface area contributed by atoms with E-state index in [2.05, 4.69) is 263 Å². The van der Waals surface area contributed by atoms with Crippen LogP contribution in [0.2, 0.25) is 0 Å². The van der Waals surface area contributed by atoms with Crippen LogP contribution in [0.1, 0.15) is 417 Å². The summed E-state index contributed by atoms with van der Waals surface area (Å²) in [5.74, 6) is 16.1. The first-order valence-corrected chi connectivity index (χ1v) is 38.3. The van der Waals surface area contributed by atoms with E-state index in [1.54, 1.807) is 0 Å². The maximum Gasteiger partial charge on any atom is -0.0326 e. The van der Waals surface area contributed by atoms with Crippen LogP contribution >= 0.6 is 0 Å². The van der Waals surface area contributed by atoms with E-state index < -0.39 is 0 Å². The number of hydrogen-bond acceptors (Lipinski definition) is 0. The maximum absolute atomic E-state index is 2.35. The van der Waals surface area contributed by atoms with E-state index in [1.807, 2.05) is 0 Å². The SMILES string of the molecule is CC(C)C(C)C.CC(C)C1CC1.CC1C(C)C1C.CC1CC1(C)C.CCC(C)(C)C.CCC(C)(C)C.CCC(C)CC.CCC1(C)CC1.CCC1(C)CC1.CCC1CC1C.CCC1C[C@@H]1C.CCCC(C)C.CCCC1CC1.C[C@H]1CC1(C)C. The lowest BCUT2D eigenvalue weighted by Crippen LogP contribution is -2.00. The van der Waals surface area contributed by atoms with Gasteiger partial charge in [-0.2, -0.15) is 0 Å². The summed E-state index contributed by atoms with van der Waals surface area (Å²) in [4.78, 5) is 0. The molecule has 0 N–H and O–H groups in total. The lowest BCUT2D eigenvalue weighted by molar-refractivity contribution is 0.397. The molecular formula is C84H178. The molecule has 6 atom stereocenters. The van der Waals surface area contributed by atoms with Gasteiger partial charge in [0, 0.05) is 0 Å². The molecule has 0 aromatic heterocycles. The Morgan fingerprint density at radius 3 is 0.702 bits per heavy atom. The molecular weight excluding hydrogens is 1010 g/mol. The predicted octanol–water partition coefficient (Wildman–Crippen LogP) is 30.8. The molecule has 0 saturated heterocycles. The summed E-state index contributed by atoms with van der Waals surface area (Å²) in [7, 11) is 0. The second-order valence-corrected chi connectivity index (χ2v) is 36.1. The summed E-state index contributed by atoms with van der Waals surface area (Å²) in [5, 5.41) is 0. The quantitative estimate of drug-likeness (QED) is 0.183. The molecule has 0 heterocycles. The minimum absolute atomic E-state index is 0.542. The molecule has 0 bridgehead atoms. The predicted molar refractivity (Wildman–Crippen MR) is 397 cm³/mol. The second-order valence-electron chi connectivity index (χ2n) is 36.1. The minimum Gasteiger partial charge on any atom is -0.0654 e. The van der Waals surface area contributed by atoms with Crippen molar-refractivity contribution in [2.75, 3.05) is 0 Å². The Bertz CT molecular complexity index is 1240. The summed E-state index contributed by atoms with van der Waals surface area (Å²) < 4.78 is 0. The third-order valence-electron chi connectivity index (χ3n) is 22.5. The van der Waals surface area contributed by atoms with E-state index in [9.17, 15) is 0 Å². The van der Waals surface area contributed by atoms with Crippen LogP contribution in [0.15, 0.2) is 0 Å². The van der Waals surface area contributed by atoms with Gasteiger partial charge in [-0.1, -0.05) is 353 Å². The largest absolute Gasteiger partial charge is 0.0654 e. The molecule has 0 heteroatoms. The van der Waals surface area contributed by atoms with Gasteiger partial charge < -0.3 is 0 Å². The van der Waals surface area contributed by atoms with E-state index >= 15 is 0 Å². The zero-order valence-corrected chi connectivity index (χ0v) is 67.2. The molecule has 0 nitrogen and oxygen atoms in total. The summed E-state index contributed by atoms with van der Waals surface area (Å²) in [6.45, 7) is 86.4. The van der Waals surface area contributed by atoms with Crippen LogP contribution < -0.4 is 0 Å². The summed E-state index contributed by atoms with van der Waals surface area (Å²) in [6.07, 6.45) is 34.2. The van der Waals surface area contributed by atoms with Gasteiger partial charge in [0.25, 0.3) is 0 Å². The fraction of sp³-hybridized carbons (Fsp3) is 1.00. The Morgan fingerprint density at radius 2 is 0.690 bits per heavy atom. The Labute approximate surface area is 541 Å². The van der Waals surface area contributed by atoms with Crippen LogP contribution in [0.5, 0.6) is 0 Å². The fourth-order valence-corrected chi connectivity index (χ4v) is 7.88. The van der Waals surface area contributed by atoms with Gasteiger partial charge in [-0.3, -0.25) is 0 Å². The highest BCUT2D eigenvalue weighted by molar-refractivity contribution is 4.92. The van der Waals surface area contributed by atoms with Crippen molar-refractivity contribution in [3.63, 3.8) is 0 Å². The van der Waals surface area contributed by atoms with E-state index in [-0.39, 0.29) is 0 Å². The zero-order valence-electron chi connectivity index (χ0n) is 67.2. The molecule has 84 heavy (non-hydrogen) atoms. The van der Waals surface area contributed by atoms with Crippen molar-refractivity contribution in [2.24, 2.45) is 127 Å². The molecule has 0 aliphatic heterocycles. The van der Waals surface area contributed by atoms with Crippen molar-refractivity contribution >= 4 is 0 Å². The van der Waals surface area contributed by atoms with Crippen molar-refractivity contribution in [2.45, 2.75) is 417 Å². The van der Waals surface area contributed by atoms with Crippen LogP contribution in [0.25, 0.3) is 0 Å². The minimum atomic E-state index is 0.542. The average Bonchev–Trinajstić information content (AvgIpc) is 4.26. The highest BCUT2D eigenvalue weighted by Gasteiger charge is 2.42. The van der Waals surface area contributed by atoms with E-state index in [4.69, 9.17) is 0 Å². The van der Waals surface area contributed by atoms with Gasteiger partial charge in [-0.25, -0.2) is 0 Å². The van der Waals surface area contributed by atoms with Gasteiger partial charge in [-0.05, 0) is 191 Å². The van der Waals surface area contributed by atoms with E-state index in [1.165, 1.54) is 154 Å². The smallest absolute Gasteiger partial charge is 0.0326 e. The Kier molecular flexibility index (Phi) is 52.8. The Hall–Kier alpha value is 0. The van der Waals surface area contributed by atoms with E-state index in [0.717, 1.165) is 106 Å². The zero-order chi connectivity index (χ0) is 67.2. The summed E-state index contributed by atoms with van der Waals surface area (Å²) >= 11 is 0. The van der Waals surface area contributed by atoms with Gasteiger partial charge in [0.15, 0.2) is 0 Å². The highest BCUT2D eigenvalue weighted by Crippen LogP contribution is 2.52. The molecule has 0 amide bonds. The summed E-state index contributed by atoms with van der Waals surface area (Å²) in [6, 6.07) is 0. The molecule has 4 unspecified atom stereocenters. The number of rotatable bonds is 12. The summed E-state index contributed by atoms with van der Waals surface area (Å²) in [5.41, 5.74) is 4.08. The Balaban J connectivity index is -0.000000267. The topological polar surface area (TPSA) is 0 Å². The molecule has 0 aromatic rings. The first kappa shape index (κ1) is 92.7. The third kappa shape index (κ3) is 66.4. The van der Waals surface area contributed by atoms with Crippen molar-refractivity contribution in [1.82, 2.24) is 0 Å². The first-order chi connectivity index (χ1) is 38.3. The monoisotopic (exact) mass is 1190 g/mol. The Morgan fingerprint density at radius 1 is 0.429 bits per heavy atom. The lowest BCUT2D eigenvalue weighted by Gasteiger charge is -2.12. The first-order valence-electron chi connectivity index (χ1n) is 38.3. The van der Waals surface area contributed by atoms with Crippen molar-refractivity contribution in [1.29, 1.82) is 0 Å². The molecule has 0 radical (unpaired) electrons. The van der Waals surface area contributed by atoms with Crippen LogP contribution in [-0.2, 0) is 0 Å². The lowest BCUT2D eigenvalue weighted by atomic mass is 9.94. The molecule has 9 aliphatic rings. The second kappa shape index (κ2) is 47.8. The third-order valence-corrected chi connectivity index (χ3v) is 22.5. The van der Waals surface area contributed by atoms with Crippen LogP contribution in [0, 0.1) is 127 Å². The average molecular weight is 1190 g/mol. The molecule has 9 rings (SSSR count). The van der Waals surface area contributed by atoms with Crippen LogP contribution in [-0.4, -0.2) is 0 Å². The van der Waals surface area contributed by atoms with Gasteiger partial charge in [-0.15, -0.1) is 0 Å². The molecule has 9 aliphatic carbocycles. The fourth-order valence-electron chi connectivity index (χ4n) is 7.88. The highest BCUT2D eigenvalue weighted by atomic mass is 14.5. The molecule has 9 saturated carbocycles. The van der Waals surface area contributed by atoms with Gasteiger partial charge in [0.05, 0.1) is 0 Å². The van der Waals surface area contributed by atoms with E-state index in [0.29, 0.717) is 21.7 Å². The normalized spacial score (nSPS) is 26.7. The van der Waals surface area contributed by atoms with Crippen LogP contribution in [0.3, 0.4) is 0 Å². The maximum atomic E-state index is 2.35. The molecule has 9 fully saturated rings. The van der Waals surface area contributed by atoms with Gasteiger partial charge >= 0.3 is 0 Å². The standard InChI is InChI=1S/9C6H12.5C6H14/c2*1-5-4-6(5,2)3;1-5(2)6-3-4-6;1-4-5(2)6(4)3;2*1-3-6(2)4-5-6;2*1-3-6-4-5(6)2;1-2-3-6-4-5-6;2*1-5-6(2,3)4;1-5(2)6(3)4;1-4-5-6(2)3;1-4-6(3)5-2/h2*5H,4H2,1-3H3;5-6H,3-4H2,1-2H3;4-6H,1-3H3;2*3-5H2,1-2H3;2*5-6H,3-4H2,1-2H3;6H,2-5H2,1H3;2*5H2,1-4H3;5-6H,1-4H3;2*6H,4-5H2,1-3H3/t5-;;;;;;5-,6?;;;;;;;/m0.....0......./s1. The van der Waals surface area contributed by atoms with Gasteiger partial charge in [0.2, 0.25) is 0 Å².